The fourth-order valence-electron chi connectivity index (χ4n) is 2.38. The van der Waals surface area contributed by atoms with Crippen LogP contribution in [0.5, 0.6) is 0 Å². The van der Waals surface area contributed by atoms with Gasteiger partial charge in [-0.1, -0.05) is 17.3 Å². The molecule has 0 aliphatic rings. The van der Waals surface area contributed by atoms with Crippen molar-refractivity contribution in [3.05, 3.63) is 42.5 Å². The topological polar surface area (TPSA) is 48.5 Å². The highest BCUT2D eigenvalue weighted by Crippen LogP contribution is 2.24. The molecule has 5 nitrogen and oxygen atoms in total. The highest BCUT2D eigenvalue weighted by atomic mass is 35.5. The zero-order chi connectivity index (χ0) is 13.9. The van der Waals surface area contributed by atoms with Gasteiger partial charge in [0, 0.05) is 19.3 Å². The van der Waals surface area contributed by atoms with Gasteiger partial charge in [0.2, 0.25) is 0 Å². The number of nitrogens with zero attached hydrogens (tertiary/aromatic N) is 5. The van der Waals surface area contributed by atoms with E-state index in [0.717, 1.165) is 36.4 Å². The lowest BCUT2D eigenvalue weighted by atomic mass is 10.3. The Balaban J connectivity index is 1.83. The van der Waals surface area contributed by atoms with E-state index in [0.29, 0.717) is 0 Å². The van der Waals surface area contributed by atoms with Gasteiger partial charge < -0.3 is 4.57 Å². The summed E-state index contributed by atoms with van der Waals surface area (Å²) in [4.78, 5) is 4.62. The summed E-state index contributed by atoms with van der Waals surface area (Å²) in [5.41, 5.74) is 2.13. The third-order valence-electron chi connectivity index (χ3n) is 3.28. The number of benzene rings is 1. The molecular formula is C14H16ClN5. The highest BCUT2D eigenvalue weighted by molar-refractivity contribution is 6.20. The normalized spacial score (nSPS) is 12.9. The van der Waals surface area contributed by atoms with Gasteiger partial charge in [0.25, 0.3) is 0 Å². The quantitative estimate of drug-likeness (QED) is 0.678. The van der Waals surface area contributed by atoms with Crippen molar-refractivity contribution >= 4 is 22.6 Å². The lowest BCUT2D eigenvalue weighted by Crippen LogP contribution is -2.08. The summed E-state index contributed by atoms with van der Waals surface area (Å²) in [5, 5.41) is 7.67. The number of para-hydroxylation sites is 2. The van der Waals surface area contributed by atoms with E-state index >= 15 is 0 Å². The van der Waals surface area contributed by atoms with Crippen molar-refractivity contribution in [1.29, 1.82) is 0 Å². The van der Waals surface area contributed by atoms with Gasteiger partial charge in [-0.05, 0) is 25.5 Å². The SMILES string of the molecule is CC(Cl)c1nc2ccccc2n1CCCn1ccnn1. The van der Waals surface area contributed by atoms with Crippen molar-refractivity contribution in [2.75, 3.05) is 0 Å². The monoisotopic (exact) mass is 289 g/mol. The number of hydrogen-bond donors (Lipinski definition) is 0. The predicted molar refractivity (Wildman–Crippen MR) is 78.6 cm³/mol. The van der Waals surface area contributed by atoms with Crippen LogP contribution in [0.4, 0.5) is 0 Å². The van der Waals surface area contributed by atoms with Crippen LogP contribution in [0.2, 0.25) is 0 Å². The van der Waals surface area contributed by atoms with Crippen LogP contribution >= 0.6 is 11.6 Å². The summed E-state index contributed by atoms with van der Waals surface area (Å²) in [5.74, 6) is 0.923. The molecule has 1 aromatic carbocycles. The number of alkyl halides is 1. The van der Waals surface area contributed by atoms with Crippen molar-refractivity contribution in [3.8, 4) is 0 Å². The summed E-state index contributed by atoms with van der Waals surface area (Å²) >= 11 is 6.25. The van der Waals surface area contributed by atoms with Gasteiger partial charge in [-0.3, -0.25) is 4.68 Å². The Morgan fingerprint density at radius 2 is 2.10 bits per heavy atom. The summed E-state index contributed by atoms with van der Waals surface area (Å²) in [6, 6.07) is 8.13. The first-order valence-electron chi connectivity index (χ1n) is 6.69. The second-order valence-corrected chi connectivity index (χ2v) is 5.40. The fraction of sp³-hybridized carbons (Fsp3) is 0.357. The molecular weight excluding hydrogens is 274 g/mol. The van der Waals surface area contributed by atoms with E-state index in [1.54, 1.807) is 6.20 Å². The third-order valence-corrected chi connectivity index (χ3v) is 3.48. The first-order chi connectivity index (χ1) is 9.75. The Bertz CT molecular complexity index is 687. The van der Waals surface area contributed by atoms with Gasteiger partial charge in [0.1, 0.15) is 5.82 Å². The number of rotatable bonds is 5. The molecule has 1 unspecified atom stereocenters. The Kier molecular flexibility index (Phi) is 3.69. The molecule has 0 amide bonds. The lowest BCUT2D eigenvalue weighted by molar-refractivity contribution is 0.511. The second-order valence-electron chi connectivity index (χ2n) is 4.75. The van der Waals surface area contributed by atoms with Gasteiger partial charge in [0.05, 0.1) is 22.6 Å². The molecule has 0 N–H and O–H groups in total. The minimum atomic E-state index is -0.103. The zero-order valence-corrected chi connectivity index (χ0v) is 12.0. The number of aryl methyl sites for hydroxylation is 2. The summed E-state index contributed by atoms with van der Waals surface area (Å²) in [6.45, 7) is 3.66. The maximum Gasteiger partial charge on any atom is 0.127 e. The molecule has 0 aliphatic heterocycles. The standard InChI is InChI=1S/C14H16ClN5/c1-11(15)14-17-12-5-2-3-6-13(12)20(14)9-4-8-19-10-7-16-18-19/h2-3,5-7,10-11H,4,8-9H2,1H3. The Morgan fingerprint density at radius 3 is 2.85 bits per heavy atom. The molecule has 3 rings (SSSR count). The molecule has 0 aliphatic carbocycles. The van der Waals surface area contributed by atoms with Gasteiger partial charge in [-0.15, -0.1) is 16.7 Å². The van der Waals surface area contributed by atoms with Crippen LogP contribution in [0.1, 0.15) is 24.5 Å². The van der Waals surface area contributed by atoms with E-state index in [2.05, 4.69) is 25.9 Å². The smallest absolute Gasteiger partial charge is 0.127 e. The van der Waals surface area contributed by atoms with Crippen molar-refractivity contribution < 1.29 is 0 Å². The molecule has 0 saturated heterocycles. The van der Waals surface area contributed by atoms with E-state index in [1.807, 2.05) is 36.0 Å². The summed E-state index contributed by atoms with van der Waals surface area (Å²) in [6.07, 6.45) is 4.52. The van der Waals surface area contributed by atoms with Gasteiger partial charge >= 0.3 is 0 Å². The summed E-state index contributed by atoms with van der Waals surface area (Å²) in [7, 11) is 0. The van der Waals surface area contributed by atoms with Gasteiger partial charge in [-0.2, -0.15) is 0 Å². The van der Waals surface area contributed by atoms with E-state index in [-0.39, 0.29) is 5.38 Å². The van der Waals surface area contributed by atoms with Gasteiger partial charge in [0.15, 0.2) is 0 Å². The van der Waals surface area contributed by atoms with E-state index in [4.69, 9.17) is 11.6 Å². The molecule has 0 fully saturated rings. The molecule has 6 heteroatoms. The molecule has 0 spiro atoms. The molecule has 20 heavy (non-hydrogen) atoms. The Labute approximate surface area is 122 Å². The fourth-order valence-corrected chi connectivity index (χ4v) is 2.54. The molecule has 0 radical (unpaired) electrons. The van der Waals surface area contributed by atoms with Crippen LogP contribution in [0, 0.1) is 0 Å². The van der Waals surface area contributed by atoms with Crippen LogP contribution in [0.15, 0.2) is 36.7 Å². The maximum absolute atomic E-state index is 6.25. The minimum absolute atomic E-state index is 0.103. The molecule has 2 heterocycles. The van der Waals surface area contributed by atoms with Crippen LogP contribution in [-0.4, -0.2) is 24.5 Å². The van der Waals surface area contributed by atoms with Crippen LogP contribution in [-0.2, 0) is 13.1 Å². The molecule has 104 valence electrons. The number of aromatic nitrogens is 5. The number of hydrogen-bond acceptors (Lipinski definition) is 3. The largest absolute Gasteiger partial charge is 0.327 e. The van der Waals surface area contributed by atoms with Crippen LogP contribution in [0.3, 0.4) is 0 Å². The molecule has 3 aromatic rings. The first-order valence-corrected chi connectivity index (χ1v) is 7.12. The maximum atomic E-state index is 6.25. The van der Waals surface area contributed by atoms with E-state index in [9.17, 15) is 0 Å². The molecule has 2 aromatic heterocycles. The molecule has 1 atom stereocenters. The van der Waals surface area contributed by atoms with Crippen molar-refractivity contribution in [2.24, 2.45) is 0 Å². The van der Waals surface area contributed by atoms with E-state index in [1.165, 1.54) is 0 Å². The van der Waals surface area contributed by atoms with Crippen LogP contribution in [0.25, 0.3) is 11.0 Å². The zero-order valence-electron chi connectivity index (χ0n) is 11.3. The Morgan fingerprint density at radius 1 is 1.25 bits per heavy atom. The van der Waals surface area contributed by atoms with Crippen molar-refractivity contribution in [2.45, 2.75) is 31.8 Å². The van der Waals surface area contributed by atoms with Crippen molar-refractivity contribution in [1.82, 2.24) is 24.5 Å². The first kappa shape index (κ1) is 13.1. The lowest BCUT2D eigenvalue weighted by Gasteiger charge is -2.10. The number of imidazole rings is 1. The van der Waals surface area contributed by atoms with E-state index < -0.39 is 0 Å². The number of halogens is 1. The predicted octanol–water partition coefficient (Wildman–Crippen LogP) is 3.02. The molecule has 0 bridgehead atoms. The van der Waals surface area contributed by atoms with Crippen molar-refractivity contribution in [3.63, 3.8) is 0 Å². The average molecular weight is 290 g/mol. The number of fused-ring (bicyclic) bond motifs is 1. The third kappa shape index (κ3) is 2.54. The average Bonchev–Trinajstić information content (AvgIpc) is 3.07. The van der Waals surface area contributed by atoms with Gasteiger partial charge in [-0.25, -0.2) is 4.98 Å². The highest BCUT2D eigenvalue weighted by Gasteiger charge is 2.14. The summed E-state index contributed by atoms with van der Waals surface area (Å²) < 4.78 is 4.03. The minimum Gasteiger partial charge on any atom is -0.327 e. The second kappa shape index (κ2) is 5.63. The van der Waals surface area contributed by atoms with Crippen LogP contribution < -0.4 is 0 Å². The Hall–Kier alpha value is -1.88. The molecule has 0 saturated carbocycles.